The highest BCUT2D eigenvalue weighted by molar-refractivity contribution is 5.88. The van der Waals surface area contributed by atoms with E-state index in [1.54, 1.807) is 7.11 Å². The Labute approximate surface area is 153 Å². The van der Waals surface area contributed by atoms with E-state index < -0.39 is 5.97 Å². The molecule has 1 N–H and O–H groups in total. The van der Waals surface area contributed by atoms with Gasteiger partial charge in [0.2, 0.25) is 5.95 Å². The van der Waals surface area contributed by atoms with Crippen molar-refractivity contribution in [2.75, 3.05) is 43.1 Å². The zero-order chi connectivity index (χ0) is 18.7. The van der Waals surface area contributed by atoms with Crippen molar-refractivity contribution in [2.45, 2.75) is 19.8 Å². The van der Waals surface area contributed by atoms with Crippen molar-refractivity contribution in [3.05, 3.63) is 41.7 Å². The number of aromatic nitrogens is 2. The lowest BCUT2D eigenvalue weighted by molar-refractivity contribution is 0.0694. The first-order chi connectivity index (χ1) is 12.5. The molecule has 3 rings (SSSR count). The van der Waals surface area contributed by atoms with Crippen molar-refractivity contribution in [3.8, 4) is 5.75 Å². The van der Waals surface area contributed by atoms with Crippen LogP contribution in [0.5, 0.6) is 5.75 Å². The van der Waals surface area contributed by atoms with Gasteiger partial charge in [-0.15, -0.1) is 0 Å². The number of carboxylic acid groups (broad SMARTS) is 1. The summed E-state index contributed by atoms with van der Waals surface area (Å²) in [6.45, 7) is 7.17. The summed E-state index contributed by atoms with van der Waals surface area (Å²) in [5, 5.41) is 9.30. The number of aromatic carboxylic acids is 1. The van der Waals surface area contributed by atoms with E-state index in [-0.39, 0.29) is 11.5 Å². The Morgan fingerprint density at radius 3 is 2.27 bits per heavy atom. The minimum absolute atomic E-state index is 0.0310. The fourth-order valence-electron chi connectivity index (χ4n) is 3.10. The third-order valence-corrected chi connectivity index (χ3v) is 4.58. The zero-order valence-corrected chi connectivity index (χ0v) is 15.3. The molecule has 0 radical (unpaired) electrons. The number of nitrogens with zero attached hydrogens (tertiary/aromatic N) is 4. The highest BCUT2D eigenvalue weighted by Gasteiger charge is 2.22. The molecule has 26 heavy (non-hydrogen) atoms. The molecule has 0 amide bonds. The van der Waals surface area contributed by atoms with E-state index in [0.717, 1.165) is 37.6 Å². The molecule has 2 aromatic rings. The third kappa shape index (κ3) is 3.71. The standard InChI is InChI=1S/C19H24N4O3/c1-13(2)17-16(18(24)25)12-20-19(21-17)23-10-8-22(9-11-23)14-4-6-15(26-3)7-5-14/h4-7,12-13H,8-11H2,1-3H3,(H,24,25). The number of anilines is 2. The summed E-state index contributed by atoms with van der Waals surface area (Å²) in [6, 6.07) is 8.04. The second-order valence-corrected chi connectivity index (χ2v) is 6.60. The van der Waals surface area contributed by atoms with Crippen LogP contribution in [0.3, 0.4) is 0 Å². The van der Waals surface area contributed by atoms with E-state index >= 15 is 0 Å². The summed E-state index contributed by atoms with van der Waals surface area (Å²) in [5.74, 6) is 0.501. The lowest BCUT2D eigenvalue weighted by atomic mass is 10.1. The molecule has 2 heterocycles. The minimum Gasteiger partial charge on any atom is -0.497 e. The Morgan fingerprint density at radius 1 is 1.12 bits per heavy atom. The molecule has 1 saturated heterocycles. The van der Waals surface area contributed by atoms with Gasteiger partial charge in [-0.2, -0.15) is 0 Å². The largest absolute Gasteiger partial charge is 0.497 e. The molecule has 7 nitrogen and oxygen atoms in total. The van der Waals surface area contributed by atoms with Gasteiger partial charge in [0.25, 0.3) is 0 Å². The fourth-order valence-corrected chi connectivity index (χ4v) is 3.10. The van der Waals surface area contributed by atoms with Gasteiger partial charge in [-0.3, -0.25) is 0 Å². The van der Waals surface area contributed by atoms with Crippen LogP contribution in [0.4, 0.5) is 11.6 Å². The second-order valence-electron chi connectivity index (χ2n) is 6.60. The van der Waals surface area contributed by atoms with Crippen molar-refractivity contribution in [1.29, 1.82) is 0 Å². The summed E-state index contributed by atoms with van der Waals surface area (Å²) in [6.07, 6.45) is 1.43. The molecule has 0 bridgehead atoms. The molecule has 0 spiro atoms. The molecule has 1 fully saturated rings. The quantitative estimate of drug-likeness (QED) is 0.882. The maximum atomic E-state index is 11.4. The van der Waals surface area contributed by atoms with E-state index in [9.17, 15) is 9.90 Å². The first-order valence-corrected chi connectivity index (χ1v) is 8.73. The molecule has 7 heteroatoms. The summed E-state index contributed by atoms with van der Waals surface area (Å²) in [5.41, 5.74) is 1.93. The predicted molar refractivity (Wildman–Crippen MR) is 101 cm³/mol. The van der Waals surface area contributed by atoms with Gasteiger partial charge in [-0.25, -0.2) is 14.8 Å². The highest BCUT2D eigenvalue weighted by Crippen LogP contribution is 2.23. The average molecular weight is 356 g/mol. The van der Waals surface area contributed by atoms with Crippen LogP contribution in [-0.4, -0.2) is 54.3 Å². The smallest absolute Gasteiger partial charge is 0.339 e. The van der Waals surface area contributed by atoms with Gasteiger partial charge in [0.05, 0.1) is 18.4 Å². The predicted octanol–water partition coefficient (Wildman–Crippen LogP) is 2.63. The fraction of sp³-hybridized carbons (Fsp3) is 0.421. The maximum absolute atomic E-state index is 11.4. The van der Waals surface area contributed by atoms with E-state index in [0.29, 0.717) is 11.6 Å². The number of carboxylic acids is 1. The molecule has 0 saturated carbocycles. The van der Waals surface area contributed by atoms with Gasteiger partial charge >= 0.3 is 5.97 Å². The number of hydrogen-bond donors (Lipinski definition) is 1. The number of carbonyl (C=O) groups is 1. The average Bonchev–Trinajstić information content (AvgIpc) is 2.67. The number of methoxy groups -OCH3 is 1. The van der Waals surface area contributed by atoms with Gasteiger partial charge in [0.15, 0.2) is 0 Å². The van der Waals surface area contributed by atoms with E-state index in [4.69, 9.17) is 4.74 Å². The lowest BCUT2D eigenvalue weighted by Gasteiger charge is -2.36. The Bertz CT molecular complexity index is 769. The molecular weight excluding hydrogens is 332 g/mol. The Morgan fingerprint density at radius 2 is 1.73 bits per heavy atom. The number of ether oxygens (including phenoxy) is 1. The van der Waals surface area contributed by atoms with Crippen LogP contribution in [0.15, 0.2) is 30.5 Å². The van der Waals surface area contributed by atoms with E-state index in [1.807, 2.05) is 26.0 Å². The zero-order valence-electron chi connectivity index (χ0n) is 15.3. The molecule has 1 aromatic carbocycles. The van der Waals surface area contributed by atoms with Crippen molar-refractivity contribution < 1.29 is 14.6 Å². The molecule has 1 aliphatic heterocycles. The van der Waals surface area contributed by atoms with Crippen LogP contribution in [0.1, 0.15) is 35.8 Å². The van der Waals surface area contributed by atoms with E-state index in [2.05, 4.69) is 31.9 Å². The SMILES string of the molecule is COc1ccc(N2CCN(c3ncc(C(=O)O)c(C(C)C)n3)CC2)cc1. The molecule has 1 aromatic heterocycles. The normalized spacial score (nSPS) is 14.6. The minimum atomic E-state index is -0.982. The van der Waals surface area contributed by atoms with Gasteiger partial charge in [-0.05, 0) is 30.2 Å². The molecule has 0 unspecified atom stereocenters. The van der Waals surface area contributed by atoms with E-state index in [1.165, 1.54) is 6.20 Å². The summed E-state index contributed by atoms with van der Waals surface area (Å²) in [4.78, 5) is 24.6. The highest BCUT2D eigenvalue weighted by atomic mass is 16.5. The van der Waals surface area contributed by atoms with Crippen molar-refractivity contribution in [1.82, 2.24) is 9.97 Å². The first kappa shape index (κ1) is 18.0. The number of rotatable bonds is 5. The van der Waals surface area contributed by atoms with Crippen molar-refractivity contribution in [2.24, 2.45) is 0 Å². The van der Waals surface area contributed by atoms with Crippen LogP contribution >= 0.6 is 0 Å². The summed E-state index contributed by atoms with van der Waals surface area (Å²) >= 11 is 0. The van der Waals surface area contributed by atoms with Crippen LogP contribution in [0.25, 0.3) is 0 Å². The van der Waals surface area contributed by atoms with Crippen LogP contribution in [0, 0.1) is 0 Å². The molecule has 1 aliphatic rings. The first-order valence-electron chi connectivity index (χ1n) is 8.73. The second kappa shape index (κ2) is 7.59. The third-order valence-electron chi connectivity index (χ3n) is 4.58. The van der Waals surface area contributed by atoms with Crippen LogP contribution in [0.2, 0.25) is 0 Å². The maximum Gasteiger partial charge on any atom is 0.339 e. The monoisotopic (exact) mass is 356 g/mol. The molecule has 138 valence electrons. The summed E-state index contributed by atoms with van der Waals surface area (Å²) < 4.78 is 5.20. The Kier molecular flexibility index (Phi) is 5.25. The van der Waals surface area contributed by atoms with Crippen LogP contribution < -0.4 is 14.5 Å². The molecule has 0 aliphatic carbocycles. The lowest BCUT2D eigenvalue weighted by Crippen LogP contribution is -2.47. The molecule has 0 atom stereocenters. The Balaban J connectivity index is 1.71. The number of benzene rings is 1. The summed E-state index contributed by atoms with van der Waals surface area (Å²) in [7, 11) is 1.66. The number of piperazine rings is 1. The van der Waals surface area contributed by atoms with Gasteiger partial charge in [-0.1, -0.05) is 13.8 Å². The van der Waals surface area contributed by atoms with Gasteiger partial charge < -0.3 is 19.6 Å². The van der Waals surface area contributed by atoms with Crippen molar-refractivity contribution >= 4 is 17.6 Å². The van der Waals surface area contributed by atoms with Gasteiger partial charge in [0.1, 0.15) is 5.75 Å². The van der Waals surface area contributed by atoms with Crippen LogP contribution in [-0.2, 0) is 0 Å². The topological polar surface area (TPSA) is 78.8 Å². The Hall–Kier alpha value is -2.83. The number of hydrogen-bond acceptors (Lipinski definition) is 6. The van der Waals surface area contributed by atoms with Crippen molar-refractivity contribution in [3.63, 3.8) is 0 Å². The van der Waals surface area contributed by atoms with Gasteiger partial charge in [0, 0.05) is 38.1 Å². The molecular formula is C19H24N4O3.